The van der Waals surface area contributed by atoms with Crippen LogP contribution in [0.5, 0.6) is 5.75 Å². The molecule has 0 saturated carbocycles. The Hall–Kier alpha value is -1.30. The van der Waals surface area contributed by atoms with Gasteiger partial charge in [0.25, 0.3) is 0 Å². The van der Waals surface area contributed by atoms with E-state index in [0.29, 0.717) is 12.0 Å². The van der Waals surface area contributed by atoms with Crippen LogP contribution >= 0.6 is 11.8 Å². The van der Waals surface area contributed by atoms with Crippen molar-refractivity contribution in [3.8, 4) is 5.75 Å². The highest BCUT2D eigenvalue weighted by Gasteiger charge is 2.19. The average molecular weight is 286 g/mol. The highest BCUT2D eigenvalue weighted by Crippen LogP contribution is 2.24. The second-order valence-electron chi connectivity index (χ2n) is 4.49. The van der Waals surface area contributed by atoms with Crippen molar-refractivity contribution in [2.75, 3.05) is 11.1 Å². The Morgan fingerprint density at radius 2 is 2.00 bits per heavy atom. The van der Waals surface area contributed by atoms with Crippen LogP contribution < -0.4 is 10.1 Å². The minimum Gasteiger partial charge on any atom is -0.435 e. The van der Waals surface area contributed by atoms with E-state index < -0.39 is 6.61 Å². The average Bonchev–Trinajstić information content (AvgIpc) is 2.36. The number of hydrogen-bond acceptors (Lipinski definition) is 4. The molecule has 2 atom stereocenters. The maximum Gasteiger partial charge on any atom is 0.387 e. The Labute approximate surface area is 115 Å². The standard InChI is InChI=1S/C13H16F2N2OS/c1-8-7-19-13(16-9(8)2)17-10-3-5-11(6-4-10)18-12(14)15/h3-6,8-9,12H,7H2,1-2H3,(H,16,17). The molecule has 0 fully saturated rings. The predicted molar refractivity (Wildman–Crippen MR) is 75.2 cm³/mol. The van der Waals surface area contributed by atoms with Crippen LogP contribution in [-0.2, 0) is 0 Å². The molecule has 1 aromatic rings. The zero-order valence-corrected chi connectivity index (χ0v) is 11.6. The Balaban J connectivity index is 1.98. The third-order valence-corrected chi connectivity index (χ3v) is 4.13. The lowest BCUT2D eigenvalue weighted by Crippen LogP contribution is -2.25. The Kier molecular flexibility index (Phi) is 4.63. The van der Waals surface area contributed by atoms with Crippen LogP contribution in [0.15, 0.2) is 29.3 Å². The molecule has 0 saturated heterocycles. The third kappa shape index (κ3) is 4.09. The third-order valence-electron chi connectivity index (χ3n) is 2.96. The van der Waals surface area contributed by atoms with Crippen LogP contribution in [0.25, 0.3) is 0 Å². The summed E-state index contributed by atoms with van der Waals surface area (Å²) >= 11 is 1.67. The van der Waals surface area contributed by atoms with Crippen molar-refractivity contribution < 1.29 is 13.5 Å². The summed E-state index contributed by atoms with van der Waals surface area (Å²) < 4.78 is 28.3. The van der Waals surface area contributed by atoms with Gasteiger partial charge in [-0.1, -0.05) is 18.7 Å². The summed E-state index contributed by atoms with van der Waals surface area (Å²) in [5.41, 5.74) is 0.814. The van der Waals surface area contributed by atoms with Gasteiger partial charge in [-0.05, 0) is 37.1 Å². The number of halogens is 2. The molecule has 0 spiro atoms. The van der Waals surface area contributed by atoms with Gasteiger partial charge >= 0.3 is 6.61 Å². The summed E-state index contributed by atoms with van der Waals surface area (Å²) in [6.07, 6.45) is 0. The van der Waals surface area contributed by atoms with Gasteiger partial charge in [0.1, 0.15) is 5.75 Å². The van der Waals surface area contributed by atoms with Gasteiger partial charge in [0, 0.05) is 11.4 Å². The molecular weight excluding hydrogens is 270 g/mol. The van der Waals surface area contributed by atoms with E-state index in [1.807, 2.05) is 0 Å². The number of alkyl halides is 2. The lowest BCUT2D eigenvalue weighted by Gasteiger charge is -2.23. The fourth-order valence-corrected chi connectivity index (χ4v) is 2.74. The molecule has 3 nitrogen and oxygen atoms in total. The molecule has 0 amide bonds. The second-order valence-corrected chi connectivity index (χ2v) is 5.50. The number of rotatable bonds is 3. The first-order chi connectivity index (χ1) is 9.04. The van der Waals surface area contributed by atoms with E-state index in [1.54, 1.807) is 23.9 Å². The number of nitrogens with zero attached hydrogens (tertiary/aromatic N) is 1. The number of aliphatic imine (C=N–C) groups is 1. The summed E-state index contributed by atoms with van der Waals surface area (Å²) in [5.74, 6) is 1.75. The van der Waals surface area contributed by atoms with E-state index >= 15 is 0 Å². The molecule has 19 heavy (non-hydrogen) atoms. The van der Waals surface area contributed by atoms with Crippen LogP contribution in [0, 0.1) is 5.92 Å². The second kappa shape index (κ2) is 6.23. The van der Waals surface area contributed by atoms with E-state index in [0.717, 1.165) is 16.6 Å². The van der Waals surface area contributed by atoms with Gasteiger partial charge in [0.2, 0.25) is 0 Å². The first-order valence-corrected chi connectivity index (χ1v) is 7.05. The van der Waals surface area contributed by atoms with E-state index in [-0.39, 0.29) is 5.75 Å². The summed E-state index contributed by atoms with van der Waals surface area (Å²) in [6.45, 7) is 1.47. The van der Waals surface area contributed by atoms with Crippen molar-refractivity contribution in [2.45, 2.75) is 26.5 Å². The molecule has 0 aliphatic carbocycles. The van der Waals surface area contributed by atoms with Crippen LogP contribution in [0.1, 0.15) is 13.8 Å². The molecule has 1 aromatic carbocycles. The van der Waals surface area contributed by atoms with Crippen LogP contribution in [0.4, 0.5) is 14.5 Å². The summed E-state index contributed by atoms with van der Waals surface area (Å²) in [7, 11) is 0. The lowest BCUT2D eigenvalue weighted by molar-refractivity contribution is -0.0498. The number of benzene rings is 1. The monoisotopic (exact) mass is 286 g/mol. The molecule has 1 N–H and O–H groups in total. The number of hydrogen-bond donors (Lipinski definition) is 1. The van der Waals surface area contributed by atoms with Gasteiger partial charge < -0.3 is 10.1 Å². The fourth-order valence-electron chi connectivity index (χ4n) is 1.61. The van der Waals surface area contributed by atoms with Gasteiger partial charge in [-0.2, -0.15) is 8.78 Å². The Morgan fingerprint density at radius 3 is 2.58 bits per heavy atom. The van der Waals surface area contributed by atoms with Crippen molar-refractivity contribution in [3.63, 3.8) is 0 Å². The smallest absolute Gasteiger partial charge is 0.387 e. The number of anilines is 1. The fraction of sp³-hybridized carbons (Fsp3) is 0.462. The zero-order chi connectivity index (χ0) is 13.8. The van der Waals surface area contributed by atoms with Crippen LogP contribution in [-0.4, -0.2) is 23.6 Å². The van der Waals surface area contributed by atoms with Crippen molar-refractivity contribution >= 4 is 22.6 Å². The molecule has 104 valence electrons. The summed E-state index contributed by atoms with van der Waals surface area (Å²) in [6, 6.07) is 6.71. The number of amidine groups is 1. The van der Waals surface area contributed by atoms with Gasteiger partial charge in [-0.3, -0.25) is 4.99 Å². The van der Waals surface area contributed by atoms with Gasteiger partial charge in [-0.15, -0.1) is 0 Å². The largest absolute Gasteiger partial charge is 0.435 e. The molecule has 1 heterocycles. The number of thioether (sulfide) groups is 1. The Morgan fingerprint density at radius 1 is 1.32 bits per heavy atom. The highest BCUT2D eigenvalue weighted by atomic mass is 32.2. The quantitative estimate of drug-likeness (QED) is 0.917. The van der Waals surface area contributed by atoms with E-state index in [9.17, 15) is 8.78 Å². The summed E-state index contributed by atoms with van der Waals surface area (Å²) in [5, 5.41) is 4.05. The Bertz CT molecular complexity index is 450. The lowest BCUT2D eigenvalue weighted by atomic mass is 10.1. The molecule has 1 aliphatic heterocycles. The first-order valence-electron chi connectivity index (χ1n) is 6.07. The predicted octanol–water partition coefficient (Wildman–Crippen LogP) is 3.83. The minimum absolute atomic E-state index is 0.153. The highest BCUT2D eigenvalue weighted by molar-refractivity contribution is 8.14. The first kappa shape index (κ1) is 14.1. The van der Waals surface area contributed by atoms with E-state index in [2.05, 4.69) is 28.9 Å². The molecule has 0 bridgehead atoms. The van der Waals surface area contributed by atoms with Crippen molar-refractivity contribution in [3.05, 3.63) is 24.3 Å². The molecule has 0 radical (unpaired) electrons. The summed E-state index contributed by atoms with van der Waals surface area (Å²) in [4.78, 5) is 4.55. The normalized spacial score (nSPS) is 23.1. The van der Waals surface area contributed by atoms with Crippen LogP contribution in [0.2, 0.25) is 0 Å². The van der Waals surface area contributed by atoms with E-state index in [1.165, 1.54) is 12.1 Å². The number of ether oxygens (including phenoxy) is 1. The molecule has 0 aromatic heterocycles. The topological polar surface area (TPSA) is 33.6 Å². The SMILES string of the molecule is CC1CSC(Nc2ccc(OC(F)F)cc2)=NC1C. The maximum absolute atomic E-state index is 12.0. The van der Waals surface area contributed by atoms with Crippen molar-refractivity contribution in [1.29, 1.82) is 0 Å². The maximum atomic E-state index is 12.0. The molecule has 6 heteroatoms. The van der Waals surface area contributed by atoms with Crippen LogP contribution in [0.3, 0.4) is 0 Å². The molecular formula is C13H16F2N2OS. The number of nitrogens with one attached hydrogen (secondary N) is 1. The van der Waals surface area contributed by atoms with E-state index in [4.69, 9.17) is 0 Å². The molecule has 2 unspecified atom stereocenters. The van der Waals surface area contributed by atoms with Crippen molar-refractivity contribution in [2.24, 2.45) is 10.9 Å². The minimum atomic E-state index is -2.79. The molecule has 1 aliphatic rings. The molecule has 2 rings (SSSR count). The van der Waals surface area contributed by atoms with Gasteiger partial charge in [0.05, 0.1) is 6.04 Å². The zero-order valence-electron chi connectivity index (χ0n) is 10.8. The van der Waals surface area contributed by atoms with Crippen molar-refractivity contribution in [1.82, 2.24) is 0 Å². The van der Waals surface area contributed by atoms with Gasteiger partial charge in [-0.25, -0.2) is 0 Å². The van der Waals surface area contributed by atoms with Gasteiger partial charge in [0.15, 0.2) is 5.17 Å².